The Morgan fingerprint density at radius 1 is 1.12 bits per heavy atom. The smallest absolute Gasteiger partial charge is 0.338 e. The molecule has 25 heavy (non-hydrogen) atoms. The molecular formula is C20H20FNO3. The van der Waals surface area contributed by atoms with Crippen molar-refractivity contribution in [2.75, 3.05) is 11.9 Å². The molecule has 4 nitrogen and oxygen atoms in total. The van der Waals surface area contributed by atoms with E-state index in [1.54, 1.807) is 36.4 Å². The maximum atomic E-state index is 13.0. The van der Waals surface area contributed by atoms with E-state index in [9.17, 15) is 14.0 Å². The maximum absolute atomic E-state index is 13.0. The molecule has 5 heteroatoms. The zero-order valence-corrected chi connectivity index (χ0v) is 14.0. The number of ether oxygens (including phenoxy) is 1. The van der Waals surface area contributed by atoms with Gasteiger partial charge in [0, 0.05) is 11.6 Å². The Balaban J connectivity index is 1.55. The van der Waals surface area contributed by atoms with Crippen molar-refractivity contribution in [1.29, 1.82) is 0 Å². The fourth-order valence-corrected chi connectivity index (χ4v) is 2.77. The van der Waals surface area contributed by atoms with Crippen molar-refractivity contribution in [2.45, 2.75) is 25.7 Å². The number of halogens is 1. The van der Waals surface area contributed by atoms with Crippen molar-refractivity contribution in [3.05, 3.63) is 65.5 Å². The van der Waals surface area contributed by atoms with E-state index in [0.29, 0.717) is 17.9 Å². The molecule has 130 valence electrons. The maximum Gasteiger partial charge on any atom is 0.338 e. The molecule has 0 bridgehead atoms. The van der Waals surface area contributed by atoms with Crippen LogP contribution in [0, 0.1) is 11.7 Å². The van der Waals surface area contributed by atoms with Gasteiger partial charge in [-0.2, -0.15) is 0 Å². The normalized spacial score (nSPS) is 18.5. The van der Waals surface area contributed by atoms with Crippen LogP contribution in [0.15, 0.2) is 48.5 Å². The predicted molar refractivity (Wildman–Crippen MR) is 92.9 cm³/mol. The van der Waals surface area contributed by atoms with Gasteiger partial charge in [0.1, 0.15) is 5.82 Å². The molecule has 0 aliphatic heterocycles. The number of esters is 1. The van der Waals surface area contributed by atoms with Gasteiger partial charge in [0.15, 0.2) is 0 Å². The molecular weight excluding hydrogens is 321 g/mol. The summed E-state index contributed by atoms with van der Waals surface area (Å²) in [6, 6.07) is 12.9. The Morgan fingerprint density at radius 3 is 2.44 bits per heavy atom. The first-order valence-corrected chi connectivity index (χ1v) is 8.42. The van der Waals surface area contributed by atoms with Crippen LogP contribution in [0.25, 0.3) is 0 Å². The highest BCUT2D eigenvalue weighted by Crippen LogP contribution is 2.47. The number of benzene rings is 2. The minimum atomic E-state index is -0.363. The molecule has 0 spiro atoms. The summed E-state index contributed by atoms with van der Waals surface area (Å²) in [5, 5.41) is 2.86. The number of anilines is 1. The summed E-state index contributed by atoms with van der Waals surface area (Å²) in [5.41, 5.74) is 2.08. The van der Waals surface area contributed by atoms with Gasteiger partial charge in [0.05, 0.1) is 12.2 Å². The fraction of sp³-hybridized carbons (Fsp3) is 0.300. The summed E-state index contributed by atoms with van der Waals surface area (Å²) in [6.07, 6.45) is 1.54. The van der Waals surface area contributed by atoms with Crippen molar-refractivity contribution in [1.82, 2.24) is 0 Å². The molecule has 2 atom stereocenters. The van der Waals surface area contributed by atoms with E-state index >= 15 is 0 Å². The molecule has 1 N–H and O–H groups in total. The molecule has 2 aromatic rings. The molecule has 1 fully saturated rings. The van der Waals surface area contributed by atoms with Crippen LogP contribution in [-0.2, 0) is 9.53 Å². The monoisotopic (exact) mass is 341 g/mol. The predicted octanol–water partition coefficient (Wildman–Crippen LogP) is 4.13. The number of carbonyl (C=O) groups is 2. The van der Waals surface area contributed by atoms with E-state index in [0.717, 1.165) is 18.4 Å². The van der Waals surface area contributed by atoms with Gasteiger partial charge >= 0.3 is 5.97 Å². The van der Waals surface area contributed by atoms with Crippen LogP contribution in [0.4, 0.5) is 10.1 Å². The van der Waals surface area contributed by atoms with Crippen LogP contribution in [-0.4, -0.2) is 18.5 Å². The summed E-state index contributed by atoms with van der Waals surface area (Å²) in [7, 11) is 0. The average molecular weight is 341 g/mol. The number of hydrogen-bond donors (Lipinski definition) is 1. The quantitative estimate of drug-likeness (QED) is 0.804. The minimum absolute atomic E-state index is 0.0596. The molecule has 1 amide bonds. The molecule has 0 saturated heterocycles. The van der Waals surface area contributed by atoms with Gasteiger partial charge in [0.25, 0.3) is 0 Å². The second-order valence-electron chi connectivity index (χ2n) is 6.20. The highest BCUT2D eigenvalue weighted by atomic mass is 19.1. The summed E-state index contributed by atoms with van der Waals surface area (Å²) < 4.78 is 18.0. The van der Waals surface area contributed by atoms with E-state index in [-0.39, 0.29) is 29.5 Å². The number of rotatable bonds is 6. The van der Waals surface area contributed by atoms with E-state index in [4.69, 9.17) is 4.74 Å². The number of amides is 1. The summed E-state index contributed by atoms with van der Waals surface area (Å²) in [5.74, 6) is -0.652. The summed E-state index contributed by atoms with van der Waals surface area (Å²) >= 11 is 0. The van der Waals surface area contributed by atoms with Gasteiger partial charge in [-0.05, 0) is 60.7 Å². The van der Waals surface area contributed by atoms with E-state index < -0.39 is 0 Å². The Morgan fingerprint density at radius 2 is 1.80 bits per heavy atom. The first-order chi connectivity index (χ1) is 12.1. The van der Waals surface area contributed by atoms with E-state index in [2.05, 4.69) is 5.32 Å². The Labute approximate surface area is 146 Å². The third-order valence-electron chi connectivity index (χ3n) is 4.25. The molecule has 0 aromatic heterocycles. The largest absolute Gasteiger partial charge is 0.462 e. The van der Waals surface area contributed by atoms with Gasteiger partial charge in [0.2, 0.25) is 5.91 Å². The van der Waals surface area contributed by atoms with Crippen LogP contribution in [0.1, 0.15) is 41.6 Å². The highest BCUT2D eigenvalue weighted by molar-refractivity contribution is 5.96. The van der Waals surface area contributed by atoms with Crippen molar-refractivity contribution in [2.24, 2.45) is 5.92 Å². The number of carbonyl (C=O) groups excluding carboxylic acids is 2. The number of hydrogen-bond acceptors (Lipinski definition) is 3. The lowest BCUT2D eigenvalue weighted by Gasteiger charge is -2.07. The lowest BCUT2D eigenvalue weighted by Crippen LogP contribution is -2.14. The molecule has 0 heterocycles. The third kappa shape index (κ3) is 4.24. The van der Waals surface area contributed by atoms with Gasteiger partial charge in [-0.3, -0.25) is 4.79 Å². The van der Waals surface area contributed by atoms with E-state index in [1.165, 1.54) is 12.1 Å². The second kappa shape index (κ2) is 7.47. The summed E-state index contributed by atoms with van der Waals surface area (Å²) in [4.78, 5) is 24.1. The standard InChI is InChI=1S/C20H20FNO3/c1-2-11-25-20(24)14-5-9-16(10-6-14)22-19(23)18-12-17(18)13-3-7-15(21)8-4-13/h3-10,17-18H,2,11-12H2,1H3,(H,22,23). The SMILES string of the molecule is CCCOC(=O)c1ccc(NC(=O)C2CC2c2ccc(F)cc2)cc1. The molecule has 2 unspecified atom stereocenters. The van der Waals surface area contributed by atoms with Crippen LogP contribution in [0.3, 0.4) is 0 Å². The molecule has 2 aromatic carbocycles. The van der Waals surface area contributed by atoms with Crippen LogP contribution in [0.5, 0.6) is 0 Å². The Kier molecular flexibility index (Phi) is 5.12. The zero-order valence-electron chi connectivity index (χ0n) is 14.0. The summed E-state index contributed by atoms with van der Waals surface area (Å²) in [6.45, 7) is 2.33. The van der Waals surface area contributed by atoms with Gasteiger partial charge < -0.3 is 10.1 Å². The second-order valence-corrected chi connectivity index (χ2v) is 6.20. The molecule has 1 saturated carbocycles. The first kappa shape index (κ1) is 17.1. The third-order valence-corrected chi connectivity index (χ3v) is 4.25. The van der Waals surface area contributed by atoms with E-state index in [1.807, 2.05) is 6.92 Å². The first-order valence-electron chi connectivity index (χ1n) is 8.42. The van der Waals surface area contributed by atoms with Gasteiger partial charge in [-0.1, -0.05) is 19.1 Å². The van der Waals surface area contributed by atoms with Crippen molar-refractivity contribution in [3.63, 3.8) is 0 Å². The van der Waals surface area contributed by atoms with Crippen molar-refractivity contribution >= 4 is 17.6 Å². The molecule has 3 rings (SSSR count). The van der Waals surface area contributed by atoms with Crippen LogP contribution >= 0.6 is 0 Å². The molecule has 1 aliphatic rings. The zero-order chi connectivity index (χ0) is 17.8. The lowest BCUT2D eigenvalue weighted by atomic mass is 10.1. The molecule has 0 radical (unpaired) electrons. The highest BCUT2D eigenvalue weighted by Gasteiger charge is 2.43. The Hall–Kier alpha value is -2.69. The fourth-order valence-electron chi connectivity index (χ4n) is 2.77. The van der Waals surface area contributed by atoms with Crippen LogP contribution < -0.4 is 5.32 Å². The van der Waals surface area contributed by atoms with Gasteiger partial charge in [-0.25, -0.2) is 9.18 Å². The molecule has 1 aliphatic carbocycles. The lowest BCUT2D eigenvalue weighted by molar-refractivity contribution is -0.117. The number of nitrogens with one attached hydrogen (secondary N) is 1. The van der Waals surface area contributed by atoms with Crippen molar-refractivity contribution in [3.8, 4) is 0 Å². The van der Waals surface area contributed by atoms with Gasteiger partial charge in [-0.15, -0.1) is 0 Å². The van der Waals surface area contributed by atoms with Crippen LogP contribution in [0.2, 0.25) is 0 Å². The minimum Gasteiger partial charge on any atom is -0.462 e. The topological polar surface area (TPSA) is 55.4 Å². The Bertz CT molecular complexity index is 756. The van der Waals surface area contributed by atoms with Crippen molar-refractivity contribution < 1.29 is 18.7 Å². The average Bonchev–Trinajstić information content (AvgIpc) is 3.42.